The molecule has 15 heavy (non-hydrogen) atoms. The van der Waals surface area contributed by atoms with Crippen LogP contribution in [0.25, 0.3) is 0 Å². The van der Waals surface area contributed by atoms with Gasteiger partial charge in [0, 0.05) is 24.4 Å². The molecule has 4 heteroatoms. The first-order valence-electron chi connectivity index (χ1n) is 5.40. The number of nitrogens with zero attached hydrogens (tertiary/aromatic N) is 2. The molecule has 1 aliphatic rings. The predicted molar refractivity (Wildman–Crippen MR) is 63.0 cm³/mol. The molecule has 0 aliphatic carbocycles. The maximum Gasteiger partial charge on any atom is 0.0725 e. The highest BCUT2D eigenvalue weighted by atomic mass is 32.2. The van der Waals surface area contributed by atoms with Crippen LogP contribution in [0.3, 0.4) is 0 Å². The average Bonchev–Trinajstić information content (AvgIpc) is 2.76. The number of rotatable bonds is 3. The van der Waals surface area contributed by atoms with Crippen LogP contribution in [0.15, 0.2) is 12.4 Å². The summed E-state index contributed by atoms with van der Waals surface area (Å²) in [6.07, 6.45) is 6.63. The molecule has 2 rings (SSSR count). The van der Waals surface area contributed by atoms with Gasteiger partial charge in [0.2, 0.25) is 0 Å². The Morgan fingerprint density at radius 2 is 2.53 bits per heavy atom. The summed E-state index contributed by atoms with van der Waals surface area (Å²) in [5.41, 5.74) is 1.12. The number of aryl methyl sites for hydroxylation is 1. The normalized spacial score (nSPS) is 28.2. The van der Waals surface area contributed by atoms with E-state index >= 15 is 0 Å². The number of thioether (sulfide) groups is 1. The summed E-state index contributed by atoms with van der Waals surface area (Å²) in [7, 11) is 1.90. The van der Waals surface area contributed by atoms with Crippen LogP contribution in [-0.4, -0.2) is 31.5 Å². The molecule has 0 amide bonds. The van der Waals surface area contributed by atoms with Gasteiger partial charge in [0.25, 0.3) is 0 Å². The van der Waals surface area contributed by atoms with Gasteiger partial charge in [0.05, 0.1) is 12.3 Å². The van der Waals surface area contributed by atoms with Crippen molar-refractivity contribution in [2.24, 2.45) is 7.05 Å². The molecule has 0 saturated carbocycles. The van der Waals surface area contributed by atoms with E-state index < -0.39 is 0 Å². The van der Waals surface area contributed by atoms with Gasteiger partial charge in [0.1, 0.15) is 0 Å². The Morgan fingerprint density at radius 3 is 3.07 bits per heavy atom. The minimum Gasteiger partial charge on any atom is -0.391 e. The predicted octanol–water partition coefficient (Wildman–Crippen LogP) is 1.61. The molecule has 2 unspecified atom stereocenters. The van der Waals surface area contributed by atoms with E-state index in [1.807, 2.05) is 31.2 Å². The summed E-state index contributed by atoms with van der Waals surface area (Å²) in [5, 5.41) is 14.3. The van der Waals surface area contributed by atoms with Gasteiger partial charge in [-0.1, -0.05) is 0 Å². The molecule has 84 valence electrons. The highest BCUT2D eigenvalue weighted by molar-refractivity contribution is 8.00. The third kappa shape index (κ3) is 2.37. The molecule has 1 fully saturated rings. The topological polar surface area (TPSA) is 38.0 Å². The molecular formula is C11H18N2OS. The Labute approximate surface area is 94.9 Å². The highest BCUT2D eigenvalue weighted by Crippen LogP contribution is 2.41. The van der Waals surface area contributed by atoms with E-state index in [4.69, 9.17) is 0 Å². The van der Waals surface area contributed by atoms with Crippen LogP contribution in [0.1, 0.15) is 25.3 Å². The molecule has 2 heterocycles. The summed E-state index contributed by atoms with van der Waals surface area (Å²) in [6.45, 7) is 2.17. The van der Waals surface area contributed by atoms with E-state index in [-0.39, 0.29) is 10.9 Å². The van der Waals surface area contributed by atoms with Gasteiger partial charge in [0.15, 0.2) is 0 Å². The van der Waals surface area contributed by atoms with Crippen LogP contribution in [-0.2, 0) is 13.5 Å². The van der Waals surface area contributed by atoms with Crippen LogP contribution in [0.5, 0.6) is 0 Å². The molecule has 1 aromatic heterocycles. The molecule has 1 saturated heterocycles. The molecular weight excluding hydrogens is 208 g/mol. The SMILES string of the molecule is Cn1cc(CC(O)C2(C)CCCS2)cn1. The average molecular weight is 226 g/mol. The zero-order chi connectivity index (χ0) is 10.9. The lowest BCUT2D eigenvalue weighted by molar-refractivity contribution is 0.133. The molecule has 0 aromatic carbocycles. The molecule has 0 spiro atoms. The monoisotopic (exact) mass is 226 g/mol. The first kappa shape index (κ1) is 11.0. The van der Waals surface area contributed by atoms with Gasteiger partial charge in [-0.15, -0.1) is 0 Å². The van der Waals surface area contributed by atoms with Crippen molar-refractivity contribution in [1.29, 1.82) is 0 Å². The summed E-state index contributed by atoms with van der Waals surface area (Å²) in [4.78, 5) is 0. The molecule has 3 nitrogen and oxygen atoms in total. The first-order chi connectivity index (χ1) is 7.10. The summed E-state index contributed by atoms with van der Waals surface area (Å²) in [5.74, 6) is 1.18. The largest absolute Gasteiger partial charge is 0.391 e. The third-order valence-electron chi connectivity index (χ3n) is 3.14. The highest BCUT2D eigenvalue weighted by Gasteiger charge is 2.36. The Balaban J connectivity index is 1.99. The van der Waals surface area contributed by atoms with Crippen molar-refractivity contribution in [2.75, 3.05) is 5.75 Å². The van der Waals surface area contributed by atoms with Crippen molar-refractivity contribution in [3.63, 3.8) is 0 Å². The van der Waals surface area contributed by atoms with Gasteiger partial charge >= 0.3 is 0 Å². The van der Waals surface area contributed by atoms with Crippen LogP contribution in [0.2, 0.25) is 0 Å². The van der Waals surface area contributed by atoms with Crippen molar-refractivity contribution < 1.29 is 5.11 Å². The lowest BCUT2D eigenvalue weighted by Gasteiger charge is -2.28. The van der Waals surface area contributed by atoms with E-state index in [0.29, 0.717) is 0 Å². The number of hydrogen-bond acceptors (Lipinski definition) is 3. The summed E-state index contributed by atoms with van der Waals surface area (Å²) < 4.78 is 1.84. The summed E-state index contributed by atoms with van der Waals surface area (Å²) in [6, 6.07) is 0. The van der Waals surface area contributed by atoms with Crippen molar-refractivity contribution >= 4 is 11.8 Å². The van der Waals surface area contributed by atoms with Gasteiger partial charge in [-0.3, -0.25) is 4.68 Å². The minimum atomic E-state index is -0.255. The fourth-order valence-electron chi connectivity index (χ4n) is 2.08. The Morgan fingerprint density at radius 1 is 1.73 bits per heavy atom. The first-order valence-corrected chi connectivity index (χ1v) is 6.38. The number of hydrogen-bond donors (Lipinski definition) is 1. The second kappa shape index (κ2) is 4.18. The smallest absolute Gasteiger partial charge is 0.0725 e. The fraction of sp³-hybridized carbons (Fsp3) is 0.727. The maximum absolute atomic E-state index is 10.2. The summed E-state index contributed by atoms with van der Waals surface area (Å²) >= 11 is 1.90. The number of aromatic nitrogens is 2. The molecule has 1 N–H and O–H groups in total. The van der Waals surface area contributed by atoms with Crippen molar-refractivity contribution in [1.82, 2.24) is 9.78 Å². The van der Waals surface area contributed by atoms with Gasteiger partial charge in [-0.2, -0.15) is 16.9 Å². The Bertz CT molecular complexity index is 331. The quantitative estimate of drug-likeness (QED) is 0.851. The Hall–Kier alpha value is -0.480. The second-order valence-corrected chi connectivity index (χ2v) is 6.14. The zero-order valence-electron chi connectivity index (χ0n) is 9.31. The van der Waals surface area contributed by atoms with Crippen LogP contribution < -0.4 is 0 Å². The molecule has 2 atom stereocenters. The van der Waals surface area contributed by atoms with E-state index in [0.717, 1.165) is 18.4 Å². The van der Waals surface area contributed by atoms with Crippen LogP contribution in [0.4, 0.5) is 0 Å². The van der Waals surface area contributed by atoms with Gasteiger partial charge in [-0.05, 0) is 31.1 Å². The van der Waals surface area contributed by atoms with Crippen molar-refractivity contribution in [2.45, 2.75) is 37.0 Å². The molecule has 0 bridgehead atoms. The zero-order valence-corrected chi connectivity index (χ0v) is 10.1. The van der Waals surface area contributed by atoms with Crippen molar-refractivity contribution in [3.05, 3.63) is 18.0 Å². The van der Waals surface area contributed by atoms with Crippen LogP contribution >= 0.6 is 11.8 Å². The lowest BCUT2D eigenvalue weighted by Crippen LogP contribution is -2.35. The lowest BCUT2D eigenvalue weighted by atomic mass is 9.94. The molecule has 1 aromatic rings. The molecule has 1 aliphatic heterocycles. The van der Waals surface area contributed by atoms with Gasteiger partial charge < -0.3 is 5.11 Å². The van der Waals surface area contributed by atoms with E-state index in [1.54, 1.807) is 4.68 Å². The van der Waals surface area contributed by atoms with Gasteiger partial charge in [-0.25, -0.2) is 0 Å². The second-order valence-electron chi connectivity index (χ2n) is 4.51. The standard InChI is InChI=1S/C11H18N2OS/c1-11(4-3-5-15-11)10(14)6-9-7-12-13(2)8-9/h7-8,10,14H,3-6H2,1-2H3. The van der Waals surface area contributed by atoms with E-state index in [2.05, 4.69) is 12.0 Å². The number of aliphatic hydroxyl groups is 1. The van der Waals surface area contributed by atoms with E-state index in [9.17, 15) is 5.11 Å². The van der Waals surface area contributed by atoms with Crippen LogP contribution in [0, 0.1) is 0 Å². The third-order valence-corrected chi connectivity index (χ3v) is 4.77. The van der Waals surface area contributed by atoms with E-state index in [1.165, 1.54) is 12.2 Å². The minimum absolute atomic E-state index is 0.0514. The van der Waals surface area contributed by atoms with Crippen molar-refractivity contribution in [3.8, 4) is 0 Å². The number of aliphatic hydroxyl groups excluding tert-OH is 1. The maximum atomic E-state index is 10.2. The molecule has 0 radical (unpaired) electrons. The Kier molecular flexibility index (Phi) is 3.07. The fourth-order valence-corrected chi connectivity index (χ4v) is 3.40.